The van der Waals surface area contributed by atoms with Crippen LogP contribution in [0.2, 0.25) is 0 Å². The van der Waals surface area contributed by atoms with E-state index in [2.05, 4.69) is 5.32 Å². The summed E-state index contributed by atoms with van der Waals surface area (Å²) in [5, 5.41) is 14.2. The first-order valence-electron chi connectivity index (χ1n) is 5.68. The van der Waals surface area contributed by atoms with Crippen molar-refractivity contribution in [3.63, 3.8) is 0 Å². The van der Waals surface area contributed by atoms with E-state index in [1.165, 1.54) is 11.3 Å². The zero-order chi connectivity index (χ0) is 11.4. The Morgan fingerprint density at radius 1 is 1.50 bits per heavy atom. The van der Waals surface area contributed by atoms with E-state index in [1.807, 2.05) is 17.5 Å². The second-order valence-corrected chi connectivity index (χ2v) is 5.47. The van der Waals surface area contributed by atoms with Gasteiger partial charge in [-0.2, -0.15) is 0 Å². The first-order valence-corrected chi connectivity index (χ1v) is 6.56. The molecule has 0 unspecified atom stereocenters. The van der Waals surface area contributed by atoms with Crippen LogP contribution in [0.4, 0.5) is 0 Å². The molecular weight excluding hydrogens is 222 g/mol. The SMILES string of the molecule is O=C(NCC1(CO)CCCC1)c1cccs1. The average Bonchev–Trinajstić information content (AvgIpc) is 2.98. The lowest BCUT2D eigenvalue weighted by atomic mass is 9.87. The zero-order valence-corrected chi connectivity index (χ0v) is 10.1. The summed E-state index contributed by atoms with van der Waals surface area (Å²) >= 11 is 1.45. The van der Waals surface area contributed by atoms with Gasteiger partial charge >= 0.3 is 0 Å². The van der Waals surface area contributed by atoms with E-state index in [0.717, 1.165) is 30.6 Å². The zero-order valence-electron chi connectivity index (χ0n) is 9.24. The summed E-state index contributed by atoms with van der Waals surface area (Å²) in [7, 11) is 0. The molecule has 3 nitrogen and oxygen atoms in total. The predicted octanol–water partition coefficient (Wildman–Crippen LogP) is 2.03. The maximum atomic E-state index is 11.7. The summed E-state index contributed by atoms with van der Waals surface area (Å²) in [5.74, 6) is -0.0188. The van der Waals surface area contributed by atoms with Gasteiger partial charge in [-0.3, -0.25) is 4.79 Å². The fourth-order valence-electron chi connectivity index (χ4n) is 2.28. The Labute approximate surface area is 99.5 Å². The van der Waals surface area contributed by atoms with Crippen LogP contribution in [0, 0.1) is 5.41 Å². The first-order chi connectivity index (χ1) is 7.76. The third kappa shape index (κ3) is 2.44. The number of thiophene rings is 1. The monoisotopic (exact) mass is 239 g/mol. The third-order valence-electron chi connectivity index (χ3n) is 3.37. The van der Waals surface area contributed by atoms with Crippen LogP contribution in [-0.4, -0.2) is 24.2 Å². The number of hydrogen-bond acceptors (Lipinski definition) is 3. The van der Waals surface area contributed by atoms with Crippen molar-refractivity contribution >= 4 is 17.2 Å². The molecule has 88 valence electrons. The van der Waals surface area contributed by atoms with E-state index in [1.54, 1.807) is 0 Å². The lowest BCUT2D eigenvalue weighted by Crippen LogP contribution is -2.38. The quantitative estimate of drug-likeness (QED) is 0.844. The van der Waals surface area contributed by atoms with Crippen molar-refractivity contribution in [3.8, 4) is 0 Å². The minimum absolute atomic E-state index is 0.0188. The lowest BCUT2D eigenvalue weighted by molar-refractivity contribution is 0.0884. The van der Waals surface area contributed by atoms with Crippen LogP contribution < -0.4 is 5.32 Å². The number of aliphatic hydroxyl groups is 1. The fourth-order valence-corrected chi connectivity index (χ4v) is 2.92. The van der Waals surface area contributed by atoms with Crippen LogP contribution in [0.5, 0.6) is 0 Å². The van der Waals surface area contributed by atoms with Gasteiger partial charge in [-0.05, 0) is 24.3 Å². The van der Waals surface area contributed by atoms with Crippen molar-refractivity contribution in [2.45, 2.75) is 25.7 Å². The molecule has 1 amide bonds. The highest BCUT2D eigenvalue weighted by molar-refractivity contribution is 7.12. The van der Waals surface area contributed by atoms with E-state index in [4.69, 9.17) is 0 Å². The van der Waals surface area contributed by atoms with E-state index < -0.39 is 0 Å². The summed E-state index contributed by atoms with van der Waals surface area (Å²) in [6.07, 6.45) is 4.37. The molecule has 1 heterocycles. The fraction of sp³-hybridized carbons (Fsp3) is 0.583. The molecule has 2 N–H and O–H groups in total. The summed E-state index contributed by atoms with van der Waals surface area (Å²) in [6, 6.07) is 3.69. The van der Waals surface area contributed by atoms with Crippen LogP contribution in [0.1, 0.15) is 35.4 Å². The van der Waals surface area contributed by atoms with Crippen molar-refractivity contribution in [2.24, 2.45) is 5.41 Å². The number of nitrogens with one attached hydrogen (secondary N) is 1. The first kappa shape index (κ1) is 11.6. The average molecular weight is 239 g/mol. The second-order valence-electron chi connectivity index (χ2n) is 4.53. The van der Waals surface area contributed by atoms with Crippen LogP contribution in [0.3, 0.4) is 0 Å². The summed E-state index contributed by atoms with van der Waals surface area (Å²) < 4.78 is 0. The van der Waals surface area contributed by atoms with Gasteiger partial charge in [-0.25, -0.2) is 0 Å². The molecule has 1 aromatic rings. The number of amides is 1. The molecule has 0 saturated heterocycles. The standard InChI is InChI=1S/C12H17NO2S/c14-9-12(5-1-2-6-12)8-13-11(15)10-4-3-7-16-10/h3-4,7,14H,1-2,5-6,8-9H2,(H,13,15). The summed E-state index contributed by atoms with van der Waals surface area (Å²) in [5.41, 5.74) is -0.0626. The van der Waals surface area contributed by atoms with Crippen LogP contribution in [0.25, 0.3) is 0 Å². The lowest BCUT2D eigenvalue weighted by Gasteiger charge is -2.26. The summed E-state index contributed by atoms with van der Waals surface area (Å²) in [4.78, 5) is 12.5. The molecule has 4 heteroatoms. The van der Waals surface area contributed by atoms with Gasteiger partial charge in [0.1, 0.15) is 0 Å². The van der Waals surface area contributed by atoms with Gasteiger partial charge in [0.15, 0.2) is 0 Å². The Bertz CT molecular complexity index is 342. The molecular formula is C12H17NO2S. The van der Waals surface area contributed by atoms with E-state index in [0.29, 0.717) is 6.54 Å². The molecule has 0 spiro atoms. The molecule has 1 aromatic heterocycles. The minimum Gasteiger partial charge on any atom is -0.396 e. The van der Waals surface area contributed by atoms with Gasteiger partial charge in [-0.1, -0.05) is 18.9 Å². The predicted molar refractivity (Wildman–Crippen MR) is 64.6 cm³/mol. The van der Waals surface area contributed by atoms with Gasteiger partial charge < -0.3 is 10.4 Å². The van der Waals surface area contributed by atoms with Crippen LogP contribution in [0.15, 0.2) is 17.5 Å². The van der Waals surface area contributed by atoms with Crippen molar-refractivity contribution in [1.82, 2.24) is 5.32 Å². The van der Waals surface area contributed by atoms with Crippen molar-refractivity contribution in [3.05, 3.63) is 22.4 Å². The van der Waals surface area contributed by atoms with Gasteiger partial charge in [0, 0.05) is 12.0 Å². The van der Waals surface area contributed by atoms with Crippen molar-refractivity contribution < 1.29 is 9.90 Å². The molecule has 1 saturated carbocycles. The molecule has 0 radical (unpaired) electrons. The van der Waals surface area contributed by atoms with E-state index >= 15 is 0 Å². The molecule has 1 aliphatic carbocycles. The number of carbonyl (C=O) groups is 1. The molecule has 0 atom stereocenters. The molecule has 1 aliphatic rings. The van der Waals surface area contributed by atoms with E-state index in [9.17, 15) is 9.90 Å². The molecule has 16 heavy (non-hydrogen) atoms. The van der Waals surface area contributed by atoms with Crippen LogP contribution in [-0.2, 0) is 0 Å². The molecule has 2 rings (SSSR count). The van der Waals surface area contributed by atoms with Crippen molar-refractivity contribution in [1.29, 1.82) is 0 Å². The number of rotatable bonds is 4. The smallest absolute Gasteiger partial charge is 0.261 e. The van der Waals surface area contributed by atoms with Gasteiger partial charge in [0.25, 0.3) is 5.91 Å². The van der Waals surface area contributed by atoms with E-state index in [-0.39, 0.29) is 17.9 Å². The maximum absolute atomic E-state index is 11.7. The number of carbonyl (C=O) groups excluding carboxylic acids is 1. The highest BCUT2D eigenvalue weighted by atomic mass is 32.1. The second kappa shape index (κ2) is 4.97. The maximum Gasteiger partial charge on any atom is 0.261 e. The molecule has 1 fully saturated rings. The molecule has 0 aromatic carbocycles. The largest absolute Gasteiger partial charge is 0.396 e. The number of hydrogen-bond donors (Lipinski definition) is 2. The topological polar surface area (TPSA) is 49.3 Å². The van der Waals surface area contributed by atoms with Crippen LogP contribution >= 0.6 is 11.3 Å². The highest BCUT2D eigenvalue weighted by Crippen LogP contribution is 2.36. The van der Waals surface area contributed by atoms with Gasteiger partial charge in [-0.15, -0.1) is 11.3 Å². The third-order valence-corrected chi connectivity index (χ3v) is 4.24. The Morgan fingerprint density at radius 2 is 2.25 bits per heavy atom. The Morgan fingerprint density at radius 3 is 2.81 bits per heavy atom. The molecule has 0 aliphatic heterocycles. The van der Waals surface area contributed by atoms with Gasteiger partial charge in [0.2, 0.25) is 0 Å². The van der Waals surface area contributed by atoms with Gasteiger partial charge in [0.05, 0.1) is 11.5 Å². The Hall–Kier alpha value is -0.870. The highest BCUT2D eigenvalue weighted by Gasteiger charge is 2.33. The minimum atomic E-state index is -0.0626. The Kier molecular flexibility index (Phi) is 3.61. The normalized spacial score (nSPS) is 18.6. The molecule has 0 bridgehead atoms. The number of aliphatic hydroxyl groups excluding tert-OH is 1. The van der Waals surface area contributed by atoms with Crippen molar-refractivity contribution in [2.75, 3.05) is 13.2 Å². The Balaban J connectivity index is 1.89. The summed E-state index contributed by atoms with van der Waals surface area (Å²) in [6.45, 7) is 0.776.